The fraction of sp³-hybridized carbons (Fsp3) is 0.286. The molecule has 2 N–H and O–H groups in total. The standard InChI is InChI=1S/C21H21N3O8S/c25-7-3-6-23(33(29,30)20-5-2-1-4-17(20)24(27)28)13-15-10-14-11-18-19(32-9-8-31-18)12-16(14)22-21(15)26/h1-2,4-5,10-12,25H,3,6-9,13H2,(H,22,26). The second-order valence-electron chi connectivity index (χ2n) is 7.35. The number of ether oxygens (including phenoxy) is 2. The quantitative estimate of drug-likeness (QED) is 0.369. The zero-order valence-corrected chi connectivity index (χ0v) is 18.2. The largest absolute Gasteiger partial charge is 0.486 e. The summed E-state index contributed by atoms with van der Waals surface area (Å²) in [7, 11) is -4.35. The molecule has 0 saturated carbocycles. The van der Waals surface area contributed by atoms with Gasteiger partial charge in [0.1, 0.15) is 13.2 Å². The van der Waals surface area contributed by atoms with E-state index in [1.807, 2.05) is 0 Å². The maximum absolute atomic E-state index is 13.3. The van der Waals surface area contributed by atoms with Gasteiger partial charge in [0.25, 0.3) is 11.2 Å². The normalized spacial score (nSPS) is 13.4. The minimum absolute atomic E-state index is 0.0873. The number of pyridine rings is 1. The van der Waals surface area contributed by atoms with Crippen LogP contribution in [0.4, 0.5) is 5.69 Å². The Hall–Kier alpha value is -3.48. The van der Waals surface area contributed by atoms with Crippen molar-refractivity contribution in [2.24, 2.45) is 0 Å². The first-order valence-electron chi connectivity index (χ1n) is 10.1. The van der Waals surface area contributed by atoms with Gasteiger partial charge < -0.3 is 19.6 Å². The second kappa shape index (κ2) is 9.17. The molecule has 1 aliphatic heterocycles. The summed E-state index contributed by atoms with van der Waals surface area (Å²) in [6.07, 6.45) is 0.0873. The van der Waals surface area contributed by atoms with Gasteiger partial charge in [-0.15, -0.1) is 0 Å². The van der Waals surface area contributed by atoms with E-state index < -0.39 is 31.1 Å². The van der Waals surface area contributed by atoms with Gasteiger partial charge in [-0.2, -0.15) is 4.31 Å². The highest BCUT2D eigenvalue weighted by atomic mass is 32.2. The van der Waals surface area contributed by atoms with Crippen LogP contribution in [0.25, 0.3) is 10.9 Å². The molecule has 33 heavy (non-hydrogen) atoms. The van der Waals surface area contributed by atoms with Gasteiger partial charge in [-0.3, -0.25) is 14.9 Å². The number of aliphatic hydroxyl groups excluding tert-OH is 1. The molecular weight excluding hydrogens is 454 g/mol. The predicted molar refractivity (Wildman–Crippen MR) is 118 cm³/mol. The maximum atomic E-state index is 13.3. The molecule has 0 spiro atoms. The van der Waals surface area contributed by atoms with E-state index in [1.54, 1.807) is 18.2 Å². The summed E-state index contributed by atoms with van der Waals surface area (Å²) in [5, 5.41) is 21.2. The third-order valence-electron chi connectivity index (χ3n) is 5.18. The van der Waals surface area contributed by atoms with Crippen LogP contribution in [0.1, 0.15) is 12.0 Å². The van der Waals surface area contributed by atoms with Crippen molar-refractivity contribution < 1.29 is 27.9 Å². The first-order chi connectivity index (χ1) is 15.8. The molecular formula is C21H21N3O8S. The molecule has 12 heteroatoms. The average molecular weight is 475 g/mol. The lowest BCUT2D eigenvalue weighted by atomic mass is 10.1. The van der Waals surface area contributed by atoms with E-state index in [4.69, 9.17) is 9.47 Å². The van der Waals surface area contributed by atoms with Gasteiger partial charge in [0.15, 0.2) is 16.4 Å². The number of aliphatic hydroxyl groups is 1. The number of hydrogen-bond acceptors (Lipinski definition) is 8. The summed E-state index contributed by atoms with van der Waals surface area (Å²) in [4.78, 5) is 25.6. The van der Waals surface area contributed by atoms with Crippen molar-refractivity contribution in [3.8, 4) is 11.5 Å². The lowest BCUT2D eigenvalue weighted by Gasteiger charge is -2.22. The number of aromatic amines is 1. The monoisotopic (exact) mass is 475 g/mol. The Morgan fingerprint density at radius 2 is 1.82 bits per heavy atom. The number of nitrogens with one attached hydrogen (secondary N) is 1. The molecule has 0 saturated heterocycles. The molecule has 11 nitrogen and oxygen atoms in total. The summed E-state index contributed by atoms with van der Waals surface area (Å²) in [6.45, 7) is 0.0138. The van der Waals surface area contributed by atoms with Crippen molar-refractivity contribution in [3.63, 3.8) is 0 Å². The van der Waals surface area contributed by atoms with Crippen LogP contribution in [0.2, 0.25) is 0 Å². The molecule has 1 aliphatic rings. The van der Waals surface area contributed by atoms with Gasteiger partial charge in [0.2, 0.25) is 10.0 Å². The van der Waals surface area contributed by atoms with Gasteiger partial charge in [-0.25, -0.2) is 8.42 Å². The third kappa shape index (κ3) is 4.53. The lowest BCUT2D eigenvalue weighted by molar-refractivity contribution is -0.387. The molecule has 0 unspecified atom stereocenters. The van der Waals surface area contributed by atoms with E-state index in [-0.39, 0.29) is 31.7 Å². The Bertz CT molecular complexity index is 1370. The van der Waals surface area contributed by atoms with Gasteiger partial charge >= 0.3 is 0 Å². The first kappa shape index (κ1) is 22.7. The minimum Gasteiger partial charge on any atom is -0.486 e. The first-order valence-corrected chi connectivity index (χ1v) is 11.6. The molecule has 0 amide bonds. The highest BCUT2D eigenvalue weighted by molar-refractivity contribution is 7.89. The number of hydrogen-bond donors (Lipinski definition) is 2. The smallest absolute Gasteiger partial charge is 0.289 e. The number of rotatable bonds is 8. The molecule has 0 atom stereocenters. The molecule has 3 aromatic rings. The molecule has 0 bridgehead atoms. The number of aromatic nitrogens is 1. The Morgan fingerprint density at radius 3 is 2.52 bits per heavy atom. The van der Waals surface area contributed by atoms with E-state index in [1.165, 1.54) is 12.1 Å². The molecule has 1 aromatic heterocycles. The summed E-state index contributed by atoms with van der Waals surface area (Å²) >= 11 is 0. The number of benzene rings is 2. The van der Waals surface area contributed by atoms with Crippen molar-refractivity contribution in [1.29, 1.82) is 0 Å². The van der Waals surface area contributed by atoms with Crippen molar-refractivity contribution in [3.05, 3.63) is 68.5 Å². The molecule has 0 aliphatic carbocycles. The highest BCUT2D eigenvalue weighted by Gasteiger charge is 2.31. The highest BCUT2D eigenvalue weighted by Crippen LogP contribution is 2.34. The number of fused-ring (bicyclic) bond motifs is 2. The van der Waals surface area contributed by atoms with Crippen LogP contribution in [-0.2, 0) is 16.6 Å². The van der Waals surface area contributed by atoms with Crippen molar-refractivity contribution in [1.82, 2.24) is 9.29 Å². The molecule has 2 heterocycles. The van der Waals surface area contributed by atoms with Crippen LogP contribution in [0.15, 0.2) is 52.2 Å². The van der Waals surface area contributed by atoms with E-state index in [9.17, 15) is 28.4 Å². The number of nitrogens with zero attached hydrogens (tertiary/aromatic N) is 2. The molecule has 0 radical (unpaired) electrons. The van der Waals surface area contributed by atoms with Gasteiger partial charge in [-0.05, 0) is 24.6 Å². The predicted octanol–water partition coefficient (Wildman–Crippen LogP) is 1.78. The van der Waals surface area contributed by atoms with Crippen LogP contribution in [-0.4, -0.2) is 54.1 Å². The Labute approximate surface area is 188 Å². The zero-order valence-electron chi connectivity index (χ0n) is 17.4. The molecule has 2 aromatic carbocycles. The van der Waals surface area contributed by atoms with Crippen LogP contribution in [0.3, 0.4) is 0 Å². The summed E-state index contributed by atoms with van der Waals surface area (Å²) < 4.78 is 38.7. The summed E-state index contributed by atoms with van der Waals surface area (Å²) in [5.41, 5.74) is -0.440. The Balaban J connectivity index is 1.75. The average Bonchev–Trinajstić information content (AvgIpc) is 2.80. The third-order valence-corrected chi connectivity index (χ3v) is 7.07. The van der Waals surface area contributed by atoms with Gasteiger partial charge in [-0.1, -0.05) is 12.1 Å². The topological polar surface area (TPSA) is 152 Å². The minimum atomic E-state index is -4.35. The summed E-state index contributed by atoms with van der Waals surface area (Å²) in [6, 6.07) is 9.89. The molecule has 4 rings (SSSR count). The van der Waals surface area contributed by atoms with E-state index in [0.717, 1.165) is 16.4 Å². The van der Waals surface area contributed by atoms with Gasteiger partial charge in [0, 0.05) is 42.8 Å². The van der Waals surface area contributed by atoms with Crippen LogP contribution in [0.5, 0.6) is 11.5 Å². The Morgan fingerprint density at radius 1 is 1.12 bits per heavy atom. The fourth-order valence-electron chi connectivity index (χ4n) is 3.59. The van der Waals surface area contributed by atoms with Gasteiger partial charge in [0.05, 0.1) is 10.4 Å². The van der Waals surface area contributed by atoms with Crippen LogP contribution >= 0.6 is 0 Å². The van der Waals surface area contributed by atoms with E-state index in [2.05, 4.69) is 4.98 Å². The number of nitro groups is 1. The SMILES string of the molecule is O=c1[nH]c2cc3c(cc2cc1CN(CCCO)S(=O)(=O)c1ccccc1[N+](=O)[O-])OCCO3. The summed E-state index contributed by atoms with van der Waals surface area (Å²) in [5.74, 6) is 1.01. The number of sulfonamides is 1. The molecule has 174 valence electrons. The zero-order chi connectivity index (χ0) is 23.6. The van der Waals surface area contributed by atoms with Crippen molar-refractivity contribution in [2.75, 3.05) is 26.4 Å². The number of nitro benzene ring substituents is 1. The van der Waals surface area contributed by atoms with E-state index in [0.29, 0.717) is 35.6 Å². The Kier molecular flexibility index (Phi) is 6.31. The second-order valence-corrected chi connectivity index (χ2v) is 9.25. The maximum Gasteiger partial charge on any atom is 0.289 e. The van der Waals surface area contributed by atoms with Crippen LogP contribution < -0.4 is 15.0 Å². The van der Waals surface area contributed by atoms with Crippen molar-refractivity contribution >= 4 is 26.6 Å². The van der Waals surface area contributed by atoms with E-state index >= 15 is 0 Å². The number of H-pyrrole nitrogens is 1. The number of para-hydroxylation sites is 1. The van der Waals surface area contributed by atoms with Crippen LogP contribution in [0, 0.1) is 10.1 Å². The lowest BCUT2D eigenvalue weighted by Crippen LogP contribution is -2.34. The fourth-order valence-corrected chi connectivity index (χ4v) is 5.21. The van der Waals surface area contributed by atoms with Crippen molar-refractivity contribution in [2.45, 2.75) is 17.9 Å². The molecule has 0 fully saturated rings.